The second-order valence-corrected chi connectivity index (χ2v) is 8.42. The lowest BCUT2D eigenvalue weighted by Crippen LogP contribution is -2.47. The van der Waals surface area contributed by atoms with Crippen molar-refractivity contribution in [3.63, 3.8) is 0 Å². The number of hydrogen-bond donors (Lipinski definition) is 2. The summed E-state index contributed by atoms with van der Waals surface area (Å²) < 4.78 is 24.2. The molecule has 0 saturated carbocycles. The zero-order valence-electron chi connectivity index (χ0n) is 18.2. The van der Waals surface area contributed by atoms with Crippen LogP contribution in [0.25, 0.3) is 0 Å². The SMILES string of the molecule is CC(C)(C)OC(=O)N[C@@H](Cc1ccc2c(c1)OCCN(c1ccc(F)cc1)C2=O)C(N)=O. The van der Waals surface area contributed by atoms with Crippen LogP contribution in [-0.2, 0) is 16.0 Å². The van der Waals surface area contributed by atoms with E-state index in [2.05, 4.69) is 5.32 Å². The molecule has 0 unspecified atom stereocenters. The summed E-state index contributed by atoms with van der Waals surface area (Å²) in [4.78, 5) is 38.5. The van der Waals surface area contributed by atoms with Crippen molar-refractivity contribution < 1.29 is 28.2 Å². The summed E-state index contributed by atoms with van der Waals surface area (Å²) in [6, 6.07) is 9.56. The number of rotatable bonds is 5. The zero-order chi connectivity index (χ0) is 23.5. The molecule has 8 nitrogen and oxygen atoms in total. The van der Waals surface area contributed by atoms with Crippen LogP contribution < -0.4 is 20.7 Å². The smallest absolute Gasteiger partial charge is 0.408 e. The predicted molar refractivity (Wildman–Crippen MR) is 116 cm³/mol. The number of alkyl carbamates (subject to hydrolysis) is 1. The number of carbonyl (C=O) groups is 3. The Morgan fingerprint density at radius 2 is 1.91 bits per heavy atom. The van der Waals surface area contributed by atoms with E-state index in [9.17, 15) is 18.8 Å². The molecule has 0 saturated heterocycles. The van der Waals surface area contributed by atoms with Crippen LogP contribution in [0.2, 0.25) is 0 Å². The lowest BCUT2D eigenvalue weighted by molar-refractivity contribution is -0.120. The van der Waals surface area contributed by atoms with E-state index in [0.29, 0.717) is 29.1 Å². The molecule has 2 aromatic carbocycles. The van der Waals surface area contributed by atoms with Gasteiger partial charge in [0.1, 0.15) is 29.8 Å². The fourth-order valence-corrected chi connectivity index (χ4v) is 3.26. The molecular formula is C23H26FN3O5. The fourth-order valence-electron chi connectivity index (χ4n) is 3.26. The lowest BCUT2D eigenvalue weighted by Gasteiger charge is -2.22. The summed E-state index contributed by atoms with van der Waals surface area (Å²) >= 11 is 0. The van der Waals surface area contributed by atoms with E-state index in [4.69, 9.17) is 15.2 Å². The predicted octanol–water partition coefficient (Wildman–Crippen LogP) is 2.79. The summed E-state index contributed by atoms with van der Waals surface area (Å²) in [5, 5.41) is 2.47. The van der Waals surface area contributed by atoms with Crippen molar-refractivity contribution in [3.8, 4) is 5.75 Å². The maximum atomic E-state index is 13.2. The average Bonchev–Trinajstić information content (AvgIpc) is 2.85. The number of nitrogens with two attached hydrogens (primary N) is 1. The van der Waals surface area contributed by atoms with Gasteiger partial charge < -0.3 is 25.4 Å². The van der Waals surface area contributed by atoms with Gasteiger partial charge in [-0.05, 0) is 62.7 Å². The van der Waals surface area contributed by atoms with Crippen LogP contribution in [0.5, 0.6) is 5.75 Å². The molecule has 0 aromatic heterocycles. The first-order chi connectivity index (χ1) is 15.0. The Morgan fingerprint density at radius 1 is 1.22 bits per heavy atom. The number of fused-ring (bicyclic) bond motifs is 1. The van der Waals surface area contributed by atoms with Gasteiger partial charge >= 0.3 is 6.09 Å². The molecule has 1 atom stereocenters. The molecule has 9 heteroatoms. The Kier molecular flexibility index (Phi) is 6.67. The summed E-state index contributed by atoms with van der Waals surface area (Å²) in [6.07, 6.45) is -0.654. The minimum Gasteiger partial charge on any atom is -0.491 e. The van der Waals surface area contributed by atoms with E-state index in [0.717, 1.165) is 0 Å². The largest absolute Gasteiger partial charge is 0.491 e. The Morgan fingerprint density at radius 3 is 2.53 bits per heavy atom. The second-order valence-electron chi connectivity index (χ2n) is 8.42. The molecule has 0 aliphatic carbocycles. The standard InChI is InChI=1S/C23H26FN3O5/c1-23(2,3)32-22(30)26-18(20(25)28)12-14-4-9-17-19(13-14)31-11-10-27(21(17)29)16-7-5-15(24)6-8-16/h4-9,13,18H,10-12H2,1-3H3,(H2,25,28)(H,26,30)/t18-/m0/s1. The van der Waals surface area contributed by atoms with Crippen LogP contribution in [0.3, 0.4) is 0 Å². The van der Waals surface area contributed by atoms with Gasteiger partial charge in [-0.1, -0.05) is 6.07 Å². The summed E-state index contributed by atoms with van der Waals surface area (Å²) in [5.74, 6) is -1.03. The number of nitrogens with zero attached hydrogens (tertiary/aromatic N) is 1. The van der Waals surface area contributed by atoms with Crippen LogP contribution >= 0.6 is 0 Å². The Balaban J connectivity index is 1.78. The average molecular weight is 443 g/mol. The normalized spacial score (nSPS) is 14.6. The Bertz CT molecular complexity index is 1020. The third-order valence-corrected chi connectivity index (χ3v) is 4.71. The van der Waals surface area contributed by atoms with Crippen molar-refractivity contribution in [2.24, 2.45) is 5.73 Å². The number of benzene rings is 2. The highest BCUT2D eigenvalue weighted by atomic mass is 19.1. The monoisotopic (exact) mass is 443 g/mol. The number of primary amides is 1. The number of ether oxygens (including phenoxy) is 2. The third kappa shape index (κ3) is 5.75. The van der Waals surface area contributed by atoms with E-state index in [1.54, 1.807) is 39.0 Å². The molecule has 32 heavy (non-hydrogen) atoms. The summed E-state index contributed by atoms with van der Waals surface area (Å²) in [6.45, 7) is 5.65. The molecule has 0 spiro atoms. The molecule has 2 aromatic rings. The van der Waals surface area contributed by atoms with Gasteiger partial charge in [0.25, 0.3) is 5.91 Å². The van der Waals surface area contributed by atoms with Crippen molar-refractivity contribution >= 4 is 23.6 Å². The number of carbonyl (C=O) groups excluding carboxylic acids is 3. The molecule has 3 N–H and O–H groups in total. The minimum atomic E-state index is -1.000. The highest BCUT2D eigenvalue weighted by Crippen LogP contribution is 2.28. The fraction of sp³-hybridized carbons (Fsp3) is 0.348. The van der Waals surface area contributed by atoms with Gasteiger partial charge in [0.05, 0.1) is 12.1 Å². The molecule has 1 aliphatic heterocycles. The van der Waals surface area contributed by atoms with Gasteiger partial charge in [0.15, 0.2) is 0 Å². The molecule has 0 fully saturated rings. The number of hydrogen-bond acceptors (Lipinski definition) is 5. The quantitative estimate of drug-likeness (QED) is 0.738. The van der Waals surface area contributed by atoms with Gasteiger partial charge in [-0.3, -0.25) is 9.59 Å². The molecule has 0 bridgehead atoms. The molecular weight excluding hydrogens is 417 g/mol. The molecule has 3 rings (SSSR count). The van der Waals surface area contributed by atoms with Crippen LogP contribution in [0.1, 0.15) is 36.7 Å². The van der Waals surface area contributed by atoms with Crippen molar-refractivity contribution in [3.05, 3.63) is 59.4 Å². The lowest BCUT2D eigenvalue weighted by atomic mass is 10.0. The van der Waals surface area contributed by atoms with E-state index < -0.39 is 23.6 Å². The maximum Gasteiger partial charge on any atom is 0.408 e. The topological polar surface area (TPSA) is 111 Å². The molecule has 1 aliphatic rings. The highest BCUT2D eigenvalue weighted by Gasteiger charge is 2.27. The highest BCUT2D eigenvalue weighted by molar-refractivity contribution is 6.08. The van der Waals surface area contributed by atoms with Gasteiger partial charge in [-0.2, -0.15) is 0 Å². The first-order valence-corrected chi connectivity index (χ1v) is 10.2. The number of halogens is 1. The Hall–Kier alpha value is -3.62. The van der Waals surface area contributed by atoms with Gasteiger partial charge in [0, 0.05) is 12.1 Å². The van der Waals surface area contributed by atoms with Crippen LogP contribution in [0, 0.1) is 5.82 Å². The second kappa shape index (κ2) is 9.25. The number of nitrogens with one attached hydrogen (secondary N) is 1. The molecule has 0 radical (unpaired) electrons. The van der Waals surface area contributed by atoms with E-state index in [1.807, 2.05) is 0 Å². The van der Waals surface area contributed by atoms with Gasteiger partial charge in [-0.25, -0.2) is 9.18 Å². The molecule has 170 valence electrons. The van der Waals surface area contributed by atoms with Crippen LogP contribution in [-0.4, -0.2) is 42.7 Å². The van der Waals surface area contributed by atoms with E-state index in [1.165, 1.54) is 29.2 Å². The molecule has 3 amide bonds. The van der Waals surface area contributed by atoms with E-state index in [-0.39, 0.29) is 24.8 Å². The Labute approximate surface area is 185 Å². The number of anilines is 1. The van der Waals surface area contributed by atoms with Crippen molar-refractivity contribution in [2.75, 3.05) is 18.1 Å². The first kappa shape index (κ1) is 23.1. The number of amides is 3. The van der Waals surface area contributed by atoms with Gasteiger partial charge in [-0.15, -0.1) is 0 Å². The van der Waals surface area contributed by atoms with Crippen LogP contribution in [0.15, 0.2) is 42.5 Å². The maximum absolute atomic E-state index is 13.2. The minimum absolute atomic E-state index is 0.0983. The van der Waals surface area contributed by atoms with Crippen molar-refractivity contribution in [2.45, 2.75) is 38.8 Å². The van der Waals surface area contributed by atoms with Crippen molar-refractivity contribution in [1.82, 2.24) is 5.32 Å². The van der Waals surface area contributed by atoms with Gasteiger partial charge in [0.2, 0.25) is 5.91 Å². The van der Waals surface area contributed by atoms with Crippen LogP contribution in [0.4, 0.5) is 14.9 Å². The zero-order valence-corrected chi connectivity index (χ0v) is 18.2. The third-order valence-electron chi connectivity index (χ3n) is 4.71. The van der Waals surface area contributed by atoms with E-state index >= 15 is 0 Å². The van der Waals surface area contributed by atoms with Crippen molar-refractivity contribution in [1.29, 1.82) is 0 Å². The first-order valence-electron chi connectivity index (χ1n) is 10.2. The molecule has 1 heterocycles. The summed E-state index contributed by atoms with van der Waals surface area (Å²) in [7, 11) is 0. The summed E-state index contributed by atoms with van der Waals surface area (Å²) in [5.41, 5.74) is 6.27.